The molecule has 238 valence electrons. The van der Waals surface area contributed by atoms with E-state index >= 15 is 0 Å². The van der Waals surface area contributed by atoms with Crippen molar-refractivity contribution in [3.8, 4) is 11.8 Å². The summed E-state index contributed by atoms with van der Waals surface area (Å²) in [7, 11) is -16.7. The number of anilines is 1. The number of hydrogen-bond acceptors (Lipinski definition) is 13. The summed E-state index contributed by atoms with van der Waals surface area (Å²) in [4.78, 5) is 67.1. The summed E-state index contributed by atoms with van der Waals surface area (Å²) >= 11 is 0. The third kappa shape index (κ3) is 10.7. The number of aromatic nitrogens is 3. The van der Waals surface area contributed by atoms with Gasteiger partial charge in [0.25, 0.3) is 0 Å². The van der Waals surface area contributed by atoms with Gasteiger partial charge in [-0.05, 0) is 6.42 Å². The van der Waals surface area contributed by atoms with Gasteiger partial charge in [-0.3, -0.25) is 14.1 Å². The number of nitrogens with zero attached hydrogens (tertiary/aromatic N) is 3. The van der Waals surface area contributed by atoms with Gasteiger partial charge in [0.2, 0.25) is 11.8 Å². The molecule has 9 N–H and O–H groups in total. The second-order valence-electron chi connectivity index (χ2n) is 8.89. The summed E-state index contributed by atoms with van der Waals surface area (Å²) in [6, 6.07) is 0. The SMILES string of the molecule is CC(=O)NCCCC(=O)NCC#Cc1cn([C@H]2CC(O)[C@@H](COP(=O)(O)OP(=O)(O)OP(=O)(O)O)O2)c2ncnc(N)c12. The van der Waals surface area contributed by atoms with E-state index in [2.05, 4.69) is 45.6 Å². The van der Waals surface area contributed by atoms with E-state index in [0.29, 0.717) is 23.9 Å². The third-order valence-electron chi connectivity index (χ3n) is 5.52. The Morgan fingerprint density at radius 3 is 2.56 bits per heavy atom. The maximum absolute atomic E-state index is 12.0. The van der Waals surface area contributed by atoms with Crippen molar-refractivity contribution in [2.24, 2.45) is 0 Å². The van der Waals surface area contributed by atoms with Crippen LogP contribution >= 0.6 is 23.5 Å². The largest absolute Gasteiger partial charge is 0.490 e. The number of carbonyl (C=O) groups is 2. The van der Waals surface area contributed by atoms with Gasteiger partial charge in [0.05, 0.1) is 30.2 Å². The van der Waals surface area contributed by atoms with Gasteiger partial charge in [0, 0.05) is 32.5 Å². The highest BCUT2D eigenvalue weighted by Gasteiger charge is 2.43. The van der Waals surface area contributed by atoms with E-state index in [1.165, 1.54) is 24.0 Å². The lowest BCUT2D eigenvalue weighted by Gasteiger charge is -2.19. The second kappa shape index (κ2) is 14.4. The summed E-state index contributed by atoms with van der Waals surface area (Å²) in [5.41, 5.74) is 6.66. The molecule has 0 aromatic carbocycles. The van der Waals surface area contributed by atoms with Crippen LogP contribution in [0.3, 0.4) is 0 Å². The average molecular weight is 670 g/mol. The summed E-state index contributed by atoms with van der Waals surface area (Å²) in [5, 5.41) is 16.0. The van der Waals surface area contributed by atoms with Crippen LogP contribution in [0.25, 0.3) is 11.0 Å². The molecule has 3 unspecified atom stereocenters. The average Bonchev–Trinajstić information content (AvgIpc) is 3.42. The molecule has 1 aliphatic rings. The van der Waals surface area contributed by atoms with Crippen molar-refractivity contribution in [3.63, 3.8) is 0 Å². The first-order valence-electron chi connectivity index (χ1n) is 12.2. The third-order valence-corrected chi connectivity index (χ3v) is 9.33. The molecule has 5 atom stereocenters. The van der Waals surface area contributed by atoms with E-state index in [0.717, 1.165) is 0 Å². The number of amides is 2. The fourth-order valence-electron chi connectivity index (χ4n) is 3.81. The van der Waals surface area contributed by atoms with Gasteiger partial charge >= 0.3 is 23.5 Å². The summed E-state index contributed by atoms with van der Waals surface area (Å²) in [6.45, 7) is 0.891. The van der Waals surface area contributed by atoms with Crippen molar-refractivity contribution in [3.05, 3.63) is 18.1 Å². The van der Waals surface area contributed by atoms with Crippen LogP contribution in [-0.2, 0) is 41.2 Å². The molecule has 2 aromatic rings. The predicted molar refractivity (Wildman–Crippen MR) is 144 cm³/mol. The molecule has 1 saturated heterocycles. The van der Waals surface area contributed by atoms with Crippen LogP contribution in [0, 0.1) is 11.8 Å². The number of carbonyl (C=O) groups excluding carboxylic acids is 2. The molecule has 23 heteroatoms. The molecular formula is C20H29N6O14P3. The zero-order valence-corrected chi connectivity index (χ0v) is 25.0. The fourth-order valence-corrected chi connectivity index (χ4v) is 6.84. The number of ether oxygens (including phenoxy) is 1. The first-order valence-corrected chi connectivity index (χ1v) is 16.7. The van der Waals surface area contributed by atoms with Crippen molar-refractivity contribution in [1.82, 2.24) is 25.2 Å². The van der Waals surface area contributed by atoms with E-state index in [4.69, 9.17) is 20.3 Å². The molecule has 2 amide bonds. The Morgan fingerprint density at radius 2 is 1.88 bits per heavy atom. The molecule has 0 spiro atoms. The first kappa shape index (κ1) is 34.7. The zero-order valence-electron chi connectivity index (χ0n) is 22.3. The smallest absolute Gasteiger partial charge is 0.390 e. The number of phosphoric acid groups is 3. The highest BCUT2D eigenvalue weighted by molar-refractivity contribution is 7.66. The summed E-state index contributed by atoms with van der Waals surface area (Å²) in [6.07, 6.45) is -0.238. The standard InChI is InChI=1S/C20H29N6O14P3/c1-12(27)22-6-3-5-16(29)23-7-2-4-13-9-26(20-18(13)19(21)24-11-25-20)17-8-14(28)15(38-17)10-37-42(33,34)40-43(35,36)39-41(30,31)32/h9,11,14-15,17,28H,3,5-8,10H2,1H3,(H,22,27)(H,23,29)(H,33,34)(H,35,36)(H2,21,24,25)(H2,30,31,32)/t14?,15-,17-/m1/s1. The van der Waals surface area contributed by atoms with Gasteiger partial charge in [0.15, 0.2) is 0 Å². The Labute approximate surface area is 243 Å². The summed E-state index contributed by atoms with van der Waals surface area (Å²) < 4.78 is 53.4. The number of nitrogen functional groups attached to an aromatic ring is 1. The molecule has 3 rings (SSSR count). The minimum absolute atomic E-state index is 0.000549. The number of phosphoric ester groups is 1. The van der Waals surface area contributed by atoms with Gasteiger partial charge in [0.1, 0.15) is 30.1 Å². The number of fused-ring (bicyclic) bond motifs is 1. The van der Waals surface area contributed by atoms with Gasteiger partial charge in [-0.1, -0.05) is 11.8 Å². The molecule has 20 nitrogen and oxygen atoms in total. The number of nitrogens with one attached hydrogen (secondary N) is 2. The molecular weight excluding hydrogens is 641 g/mol. The number of aliphatic hydroxyl groups excluding tert-OH is 1. The van der Waals surface area contributed by atoms with Crippen molar-refractivity contribution in [1.29, 1.82) is 0 Å². The van der Waals surface area contributed by atoms with Crippen LogP contribution in [0.4, 0.5) is 5.82 Å². The van der Waals surface area contributed by atoms with Crippen LogP contribution in [0.1, 0.15) is 38.0 Å². The molecule has 0 saturated carbocycles. The van der Waals surface area contributed by atoms with Crippen LogP contribution in [0.15, 0.2) is 12.5 Å². The maximum Gasteiger partial charge on any atom is 0.490 e. The lowest BCUT2D eigenvalue weighted by molar-refractivity contribution is -0.122. The van der Waals surface area contributed by atoms with E-state index < -0.39 is 48.5 Å². The second-order valence-corrected chi connectivity index (χ2v) is 13.3. The Kier molecular flexibility index (Phi) is 11.6. The van der Waals surface area contributed by atoms with Crippen LogP contribution in [-0.4, -0.2) is 82.9 Å². The highest BCUT2D eigenvalue weighted by atomic mass is 31.3. The van der Waals surface area contributed by atoms with Crippen LogP contribution < -0.4 is 16.4 Å². The van der Waals surface area contributed by atoms with Crippen LogP contribution in [0.2, 0.25) is 0 Å². The van der Waals surface area contributed by atoms with Crippen LogP contribution in [0.5, 0.6) is 0 Å². The van der Waals surface area contributed by atoms with Gasteiger partial charge in [-0.2, -0.15) is 8.62 Å². The minimum atomic E-state index is -5.71. The number of rotatable bonds is 13. The molecule has 1 fully saturated rings. The van der Waals surface area contributed by atoms with E-state index in [-0.39, 0.29) is 42.7 Å². The Balaban J connectivity index is 1.66. The Morgan fingerprint density at radius 1 is 1.16 bits per heavy atom. The van der Waals surface area contributed by atoms with Gasteiger partial charge in [-0.25, -0.2) is 23.7 Å². The van der Waals surface area contributed by atoms with Gasteiger partial charge in [-0.15, -0.1) is 0 Å². The van der Waals surface area contributed by atoms with E-state index in [1.54, 1.807) is 0 Å². The highest BCUT2D eigenvalue weighted by Crippen LogP contribution is 2.66. The molecule has 0 bridgehead atoms. The normalized spacial score (nSPS) is 21.4. The molecule has 3 heterocycles. The monoisotopic (exact) mass is 670 g/mol. The quantitative estimate of drug-likeness (QED) is 0.0748. The molecule has 43 heavy (non-hydrogen) atoms. The Bertz CT molecular complexity index is 1550. The van der Waals surface area contributed by atoms with Crippen molar-refractivity contribution in [2.45, 2.75) is 44.6 Å². The predicted octanol–water partition coefficient (Wildman–Crippen LogP) is -0.611. The van der Waals surface area contributed by atoms with Crippen molar-refractivity contribution < 1.29 is 65.8 Å². The molecule has 0 aliphatic carbocycles. The van der Waals surface area contributed by atoms with Gasteiger partial charge < -0.3 is 50.4 Å². The zero-order chi connectivity index (χ0) is 32.0. The lowest BCUT2D eigenvalue weighted by atomic mass is 10.2. The fraction of sp³-hybridized carbons (Fsp3) is 0.500. The number of nitrogens with two attached hydrogens (primary N) is 1. The maximum atomic E-state index is 12.0. The first-order chi connectivity index (χ1) is 20.0. The summed E-state index contributed by atoms with van der Waals surface area (Å²) in [5.74, 6) is 5.28. The topological polar surface area (TPSA) is 304 Å². The molecule has 2 aromatic heterocycles. The Hall–Kier alpha value is -2.75. The van der Waals surface area contributed by atoms with Crippen molar-refractivity contribution >= 4 is 52.1 Å². The lowest BCUT2D eigenvalue weighted by Crippen LogP contribution is -2.26. The molecule has 0 radical (unpaired) electrons. The molecule has 1 aliphatic heterocycles. The van der Waals surface area contributed by atoms with Crippen molar-refractivity contribution in [2.75, 3.05) is 25.4 Å². The number of hydrogen-bond donors (Lipinski definition) is 8. The van der Waals surface area contributed by atoms with E-state index in [1.807, 2.05) is 0 Å². The number of aliphatic hydroxyl groups is 1. The minimum Gasteiger partial charge on any atom is -0.390 e. The van der Waals surface area contributed by atoms with E-state index in [9.17, 15) is 38.2 Å².